The van der Waals surface area contributed by atoms with Crippen LogP contribution in [0.25, 0.3) is 0 Å². The number of benzene rings is 4. The molecule has 230 valence electrons. The van der Waals surface area contributed by atoms with Crippen LogP contribution < -0.4 is 9.62 Å². The molecule has 0 aliphatic rings. The Balaban J connectivity index is 1.81. The van der Waals surface area contributed by atoms with Crippen molar-refractivity contribution in [2.24, 2.45) is 0 Å². The molecule has 0 spiro atoms. The number of amides is 2. The van der Waals surface area contributed by atoms with E-state index in [1.54, 1.807) is 18.2 Å². The van der Waals surface area contributed by atoms with Crippen LogP contribution in [0.3, 0.4) is 0 Å². The predicted molar refractivity (Wildman–Crippen MR) is 179 cm³/mol. The monoisotopic (exact) mass is 715 g/mol. The molecule has 11 heteroatoms. The summed E-state index contributed by atoms with van der Waals surface area (Å²) in [4.78, 5) is 29.5. The first-order valence-electron chi connectivity index (χ1n) is 14.0. The third kappa shape index (κ3) is 8.85. The smallest absolute Gasteiger partial charge is 0.264 e. The number of sulfonamides is 1. The Bertz CT molecular complexity index is 1650. The molecular weight excluding hydrogens is 685 g/mol. The van der Waals surface area contributed by atoms with Crippen LogP contribution in [0.2, 0.25) is 10.0 Å². The number of nitrogens with one attached hydrogen (secondary N) is 1. The van der Waals surface area contributed by atoms with Gasteiger partial charge in [-0.2, -0.15) is 0 Å². The van der Waals surface area contributed by atoms with Crippen molar-refractivity contribution in [1.82, 2.24) is 10.2 Å². The van der Waals surface area contributed by atoms with Gasteiger partial charge in [0.25, 0.3) is 10.0 Å². The van der Waals surface area contributed by atoms with E-state index < -0.39 is 28.5 Å². The van der Waals surface area contributed by atoms with Crippen molar-refractivity contribution >= 4 is 66.7 Å². The molecule has 0 aliphatic heterocycles. The fourth-order valence-electron chi connectivity index (χ4n) is 4.64. The molecule has 0 heterocycles. The van der Waals surface area contributed by atoms with Gasteiger partial charge in [0.2, 0.25) is 11.8 Å². The van der Waals surface area contributed by atoms with Gasteiger partial charge in [0.15, 0.2) is 0 Å². The zero-order valence-electron chi connectivity index (χ0n) is 24.0. The molecule has 2 amide bonds. The third-order valence-electron chi connectivity index (χ3n) is 6.83. The minimum Gasteiger partial charge on any atom is -0.354 e. The molecule has 44 heavy (non-hydrogen) atoms. The fraction of sp³-hybridized carbons (Fsp3) is 0.212. The molecular formula is C33H32BrCl2N3O4S. The van der Waals surface area contributed by atoms with E-state index in [0.29, 0.717) is 13.0 Å². The number of hydrogen-bond acceptors (Lipinski definition) is 4. The zero-order valence-corrected chi connectivity index (χ0v) is 27.9. The normalized spacial score (nSPS) is 11.9. The lowest BCUT2D eigenvalue weighted by atomic mass is 10.0. The number of halogens is 3. The summed E-state index contributed by atoms with van der Waals surface area (Å²) in [6.07, 6.45) is 0.941. The Kier molecular flexibility index (Phi) is 11.9. The van der Waals surface area contributed by atoms with E-state index in [4.69, 9.17) is 23.2 Å². The summed E-state index contributed by atoms with van der Waals surface area (Å²) in [5.41, 5.74) is 1.75. The highest BCUT2D eigenvalue weighted by atomic mass is 79.9. The molecule has 4 aromatic carbocycles. The number of rotatable bonds is 13. The van der Waals surface area contributed by atoms with Gasteiger partial charge >= 0.3 is 0 Å². The molecule has 0 aromatic heterocycles. The van der Waals surface area contributed by atoms with Gasteiger partial charge < -0.3 is 10.2 Å². The number of nitrogens with zero attached hydrogens (tertiary/aromatic N) is 2. The maximum Gasteiger partial charge on any atom is 0.264 e. The lowest BCUT2D eigenvalue weighted by molar-refractivity contribution is -0.140. The lowest BCUT2D eigenvalue weighted by Gasteiger charge is -2.34. The Hall–Kier alpha value is -3.37. The van der Waals surface area contributed by atoms with Gasteiger partial charge in [-0.1, -0.05) is 107 Å². The molecule has 4 rings (SSSR count). The van der Waals surface area contributed by atoms with Crippen molar-refractivity contribution in [3.05, 3.63) is 129 Å². The second-order valence-corrected chi connectivity index (χ2v) is 13.7. The third-order valence-corrected chi connectivity index (χ3v) is 9.59. The fourth-order valence-corrected chi connectivity index (χ4v) is 6.84. The molecule has 0 aliphatic carbocycles. The van der Waals surface area contributed by atoms with Crippen LogP contribution >= 0.6 is 39.1 Å². The van der Waals surface area contributed by atoms with Gasteiger partial charge in [-0.25, -0.2) is 8.42 Å². The average molecular weight is 718 g/mol. The van der Waals surface area contributed by atoms with Gasteiger partial charge in [0.05, 0.1) is 10.6 Å². The van der Waals surface area contributed by atoms with Crippen molar-refractivity contribution in [2.45, 2.75) is 37.2 Å². The number of hydrogen-bond donors (Lipinski definition) is 1. The van der Waals surface area contributed by atoms with Gasteiger partial charge in [-0.3, -0.25) is 13.9 Å². The summed E-state index contributed by atoms with van der Waals surface area (Å²) in [5.74, 6) is -0.902. The maximum atomic E-state index is 14.4. The summed E-state index contributed by atoms with van der Waals surface area (Å²) < 4.78 is 29.9. The Morgan fingerprint density at radius 3 is 2.02 bits per heavy atom. The van der Waals surface area contributed by atoms with E-state index in [-0.39, 0.29) is 39.5 Å². The van der Waals surface area contributed by atoms with Crippen LogP contribution in [0.15, 0.2) is 112 Å². The zero-order chi connectivity index (χ0) is 31.7. The number of carbonyl (C=O) groups is 2. The first kappa shape index (κ1) is 33.5. The second kappa shape index (κ2) is 15.6. The molecule has 4 aromatic rings. The molecule has 1 atom stereocenters. The summed E-state index contributed by atoms with van der Waals surface area (Å²) in [6, 6.07) is 28.0. The van der Waals surface area contributed by atoms with E-state index >= 15 is 0 Å². The van der Waals surface area contributed by atoms with Crippen molar-refractivity contribution < 1.29 is 18.0 Å². The molecule has 0 radical (unpaired) electrons. The largest absolute Gasteiger partial charge is 0.354 e. The van der Waals surface area contributed by atoms with Crippen LogP contribution in [0.4, 0.5) is 5.69 Å². The van der Waals surface area contributed by atoms with E-state index in [2.05, 4.69) is 21.2 Å². The lowest BCUT2D eigenvalue weighted by Crippen LogP contribution is -2.53. The number of anilines is 1. The molecule has 1 N–H and O–H groups in total. The van der Waals surface area contributed by atoms with Gasteiger partial charge in [-0.05, 0) is 60.0 Å². The van der Waals surface area contributed by atoms with Crippen molar-refractivity contribution in [3.8, 4) is 0 Å². The Morgan fingerprint density at radius 2 is 1.43 bits per heavy atom. The minimum absolute atomic E-state index is 0.00937. The predicted octanol–water partition coefficient (Wildman–Crippen LogP) is 7.12. The minimum atomic E-state index is -4.25. The van der Waals surface area contributed by atoms with E-state index in [0.717, 1.165) is 19.9 Å². The van der Waals surface area contributed by atoms with Crippen LogP contribution in [-0.4, -0.2) is 44.3 Å². The van der Waals surface area contributed by atoms with Gasteiger partial charge in [-0.15, -0.1) is 0 Å². The van der Waals surface area contributed by atoms with Crippen molar-refractivity contribution in [2.75, 3.05) is 17.4 Å². The van der Waals surface area contributed by atoms with E-state index in [1.807, 2.05) is 61.5 Å². The van der Waals surface area contributed by atoms with Crippen LogP contribution in [-0.2, 0) is 32.6 Å². The highest BCUT2D eigenvalue weighted by molar-refractivity contribution is 9.10. The maximum absolute atomic E-state index is 14.4. The molecule has 0 saturated heterocycles. The average Bonchev–Trinajstić information content (AvgIpc) is 3.01. The van der Waals surface area contributed by atoms with Crippen molar-refractivity contribution in [1.29, 1.82) is 0 Å². The topological polar surface area (TPSA) is 86.8 Å². The molecule has 0 bridgehead atoms. The van der Waals surface area contributed by atoms with Crippen LogP contribution in [0, 0.1) is 0 Å². The SMILES string of the molecule is CCCNC(=O)[C@@H](Cc1ccccc1)N(Cc1ccc(Br)cc1)C(=O)CN(c1cc(Cl)cc(Cl)c1)S(=O)(=O)c1ccccc1. The summed E-state index contributed by atoms with van der Waals surface area (Å²) >= 11 is 16.0. The molecule has 0 unspecified atom stereocenters. The van der Waals surface area contributed by atoms with E-state index in [1.165, 1.54) is 35.2 Å². The van der Waals surface area contributed by atoms with Gasteiger partial charge in [0.1, 0.15) is 12.6 Å². The molecule has 0 fully saturated rings. The summed E-state index contributed by atoms with van der Waals surface area (Å²) in [5, 5.41) is 3.35. The Labute approximate surface area is 277 Å². The first-order valence-corrected chi connectivity index (χ1v) is 17.0. The van der Waals surface area contributed by atoms with Gasteiger partial charge in [0, 0.05) is 34.0 Å². The standard InChI is InChI=1S/C33H32BrCl2N3O4S/c1-2-17-37-33(41)31(18-24-9-5-3-6-10-24)38(22-25-13-15-26(34)16-14-25)32(40)23-39(29-20-27(35)19-28(36)21-29)44(42,43)30-11-7-4-8-12-30/h3-16,19-21,31H,2,17-18,22-23H2,1H3,(H,37,41)/t31-/m1/s1. The highest BCUT2D eigenvalue weighted by Gasteiger charge is 2.34. The number of carbonyl (C=O) groups excluding carboxylic acids is 2. The molecule has 7 nitrogen and oxygen atoms in total. The van der Waals surface area contributed by atoms with Crippen LogP contribution in [0.1, 0.15) is 24.5 Å². The highest BCUT2D eigenvalue weighted by Crippen LogP contribution is 2.30. The second-order valence-electron chi connectivity index (χ2n) is 10.1. The first-order chi connectivity index (χ1) is 21.1. The molecule has 0 saturated carbocycles. The summed E-state index contributed by atoms with van der Waals surface area (Å²) in [7, 11) is -4.25. The quantitative estimate of drug-likeness (QED) is 0.160. The summed E-state index contributed by atoms with van der Waals surface area (Å²) in [6.45, 7) is 1.84. The Morgan fingerprint density at radius 1 is 0.841 bits per heavy atom. The van der Waals surface area contributed by atoms with E-state index in [9.17, 15) is 18.0 Å². The van der Waals surface area contributed by atoms with Crippen molar-refractivity contribution in [3.63, 3.8) is 0 Å². The van der Waals surface area contributed by atoms with Crippen LogP contribution in [0.5, 0.6) is 0 Å².